The van der Waals surface area contributed by atoms with Crippen LogP contribution in [0, 0.1) is 20.8 Å². The van der Waals surface area contributed by atoms with Gasteiger partial charge in [-0.2, -0.15) is 0 Å². The van der Waals surface area contributed by atoms with E-state index >= 15 is 0 Å². The molecular formula is C107H141Br3Co4N8O8. The molecule has 0 bridgehead atoms. The molecule has 714 valence electrons. The van der Waals surface area contributed by atoms with Crippen molar-refractivity contribution >= 4 is 97.5 Å². The fraction of sp³-hybridized carbons (Fsp3) is 0.477. The van der Waals surface area contributed by atoms with Gasteiger partial charge in [0.2, 0.25) is 0 Å². The number of rotatable bonds is 17. The second kappa shape index (κ2) is 49.0. The maximum Gasteiger partial charge on any atom is 0.138 e. The van der Waals surface area contributed by atoms with Crippen LogP contribution in [0.5, 0.6) is 46.0 Å². The van der Waals surface area contributed by atoms with Crippen molar-refractivity contribution in [2.75, 3.05) is 0 Å². The van der Waals surface area contributed by atoms with Gasteiger partial charge in [0.25, 0.3) is 0 Å². The molecule has 6 unspecified atom stereocenters. The molecule has 0 aliphatic heterocycles. The van der Waals surface area contributed by atoms with Crippen LogP contribution in [0.15, 0.2) is 175 Å². The standard InChI is InChI=1S/C33H48N2O2.C33H50N2O2.C21H21Br3N2O2.C20H22N2O2.4Co/c1-21-15-22(29(36)25(16-21)32(5,6)7)19-34-27-13-11-12-14-28(27)35-20-23-17-24(31(2,3)4)18-26(30(23)37)33(8,9)10;1-21-15-22(27(36)25(16-21)30(5,6)7)19-34-32(11,12)33(13,14)35-20-23-17-24(29(2,3)4)18-26(28(23)37)31(8,9)10;1-12-6-13(20(27)16(23)7-12)10-25-18-4-2-3-5-19(18)26-11-14-8-15(22)9-17(24)21(14)28;23-19-11-5-1-7-15(19)13-21-17-9-3-4-10-18(17)22-14-16-8-2-6-12-20(16)24;;;;/h15-20,27-28,36-37H,11-14H2,1-10H3;15-20,36-37H,1-14H3;6-11,18-19,27-28H,2-5H2,1H3;1-2,5-8,11-14,17-18,23-24H,3-4,9-10H2;;;;. The van der Waals surface area contributed by atoms with Crippen LogP contribution in [-0.2, 0) is 99.6 Å². The zero-order valence-corrected chi connectivity index (χ0v) is 89.7. The summed E-state index contributed by atoms with van der Waals surface area (Å²) in [5.41, 5.74) is 13.2. The maximum atomic E-state index is 11.2. The first kappa shape index (κ1) is 115. The van der Waals surface area contributed by atoms with Crippen molar-refractivity contribution in [1.29, 1.82) is 0 Å². The molecule has 8 N–H and O–H groups in total. The number of aromatic hydroxyl groups is 8. The van der Waals surface area contributed by atoms with Crippen LogP contribution < -0.4 is 0 Å². The van der Waals surface area contributed by atoms with Gasteiger partial charge >= 0.3 is 0 Å². The molecule has 11 rings (SSSR count). The molecule has 8 aromatic rings. The van der Waals surface area contributed by atoms with Gasteiger partial charge in [-0.15, -0.1) is 0 Å². The monoisotopic (exact) mass is 2140 g/mol. The third kappa shape index (κ3) is 32.6. The molecule has 0 spiro atoms. The van der Waals surface area contributed by atoms with Crippen LogP contribution in [0.2, 0.25) is 0 Å². The quantitative estimate of drug-likeness (QED) is 0.0406. The molecule has 23 heteroatoms. The van der Waals surface area contributed by atoms with Gasteiger partial charge in [0.05, 0.1) is 56.3 Å². The molecule has 130 heavy (non-hydrogen) atoms. The molecule has 0 amide bonds. The fourth-order valence-corrected chi connectivity index (χ4v) is 17.2. The minimum absolute atomic E-state index is 0. The molecule has 4 radical (unpaired) electrons. The topological polar surface area (TPSA) is 261 Å². The third-order valence-electron chi connectivity index (χ3n) is 24.0. The largest absolute Gasteiger partial charge is 0.507 e. The van der Waals surface area contributed by atoms with Crippen molar-refractivity contribution in [2.24, 2.45) is 39.9 Å². The first-order chi connectivity index (χ1) is 58.5. The number of benzene rings is 8. The van der Waals surface area contributed by atoms with Crippen LogP contribution >= 0.6 is 47.8 Å². The maximum absolute atomic E-state index is 11.2. The first-order valence-electron chi connectivity index (χ1n) is 44.5. The summed E-state index contributed by atoms with van der Waals surface area (Å²) in [6.07, 6.45) is 26.8. The zero-order valence-electron chi connectivity index (χ0n) is 80.7. The molecule has 0 heterocycles. The van der Waals surface area contributed by atoms with E-state index in [4.69, 9.17) is 30.0 Å². The summed E-state index contributed by atoms with van der Waals surface area (Å²) in [5.74, 6) is 2.05. The Hall–Kier alpha value is -7.01. The van der Waals surface area contributed by atoms with Gasteiger partial charge in [-0.05, 0) is 252 Å². The summed E-state index contributed by atoms with van der Waals surface area (Å²) in [5, 5.41) is 84.4. The minimum atomic E-state index is -0.581. The molecule has 3 fully saturated rings. The van der Waals surface area contributed by atoms with E-state index < -0.39 is 11.1 Å². The number of aryl methyl sites for hydroxylation is 3. The van der Waals surface area contributed by atoms with Crippen LogP contribution in [-0.4, -0.2) is 138 Å². The van der Waals surface area contributed by atoms with E-state index in [-0.39, 0.29) is 170 Å². The number of phenols is 8. The van der Waals surface area contributed by atoms with Crippen LogP contribution in [0.25, 0.3) is 0 Å². The molecule has 0 aromatic heterocycles. The molecule has 8 aromatic carbocycles. The van der Waals surface area contributed by atoms with Gasteiger partial charge in [-0.3, -0.25) is 39.9 Å². The Kier molecular flexibility index (Phi) is 43.4. The number of halogens is 3. The summed E-state index contributed by atoms with van der Waals surface area (Å²) in [4.78, 5) is 38.6. The minimum Gasteiger partial charge on any atom is -0.507 e. The Morgan fingerprint density at radius 2 is 0.492 bits per heavy atom. The third-order valence-corrected chi connectivity index (χ3v) is 25.7. The second-order valence-corrected chi connectivity index (χ2v) is 44.2. The molecular weight excluding hydrogens is 2000 g/mol. The van der Waals surface area contributed by atoms with Crippen LogP contribution in [0.3, 0.4) is 0 Å². The van der Waals surface area contributed by atoms with E-state index in [1.165, 1.54) is 5.56 Å². The summed E-state index contributed by atoms with van der Waals surface area (Å²) in [6.45, 7) is 52.8. The number of aliphatic imine (C=N–C) groups is 8. The van der Waals surface area contributed by atoms with Crippen molar-refractivity contribution < 1.29 is 108 Å². The molecule has 0 saturated heterocycles. The summed E-state index contributed by atoms with van der Waals surface area (Å²) < 4.78 is 2.17. The fourth-order valence-electron chi connectivity index (χ4n) is 15.4. The van der Waals surface area contributed by atoms with E-state index in [1.54, 1.807) is 67.6 Å². The van der Waals surface area contributed by atoms with Gasteiger partial charge < -0.3 is 40.9 Å². The van der Waals surface area contributed by atoms with Gasteiger partial charge in [0, 0.05) is 188 Å². The summed E-state index contributed by atoms with van der Waals surface area (Å²) in [7, 11) is 0. The summed E-state index contributed by atoms with van der Waals surface area (Å²) in [6, 6.07) is 38.7. The van der Waals surface area contributed by atoms with E-state index in [9.17, 15) is 40.9 Å². The number of phenolic OH excluding ortho intramolecular Hbond substituents is 8. The van der Waals surface area contributed by atoms with Crippen molar-refractivity contribution in [2.45, 2.75) is 330 Å². The van der Waals surface area contributed by atoms with Gasteiger partial charge in [0.15, 0.2) is 0 Å². The van der Waals surface area contributed by atoms with Gasteiger partial charge in [-0.25, -0.2) is 0 Å². The van der Waals surface area contributed by atoms with Crippen molar-refractivity contribution in [3.05, 3.63) is 229 Å². The Balaban J connectivity index is 0.000000364. The average molecular weight is 2140 g/mol. The smallest absolute Gasteiger partial charge is 0.138 e. The Morgan fingerprint density at radius 3 is 0.777 bits per heavy atom. The number of nitrogens with zero attached hydrogens (tertiary/aromatic N) is 8. The van der Waals surface area contributed by atoms with Crippen molar-refractivity contribution in [1.82, 2.24) is 0 Å². The van der Waals surface area contributed by atoms with E-state index in [2.05, 4.69) is 214 Å². The molecule has 3 aliphatic rings. The Bertz CT molecular complexity index is 5230. The molecule has 16 nitrogen and oxygen atoms in total. The average Bonchev–Trinajstić information content (AvgIpc) is 0.780. The normalized spacial score (nSPS) is 18.0. The van der Waals surface area contributed by atoms with Crippen molar-refractivity contribution in [3.8, 4) is 46.0 Å². The first-order valence-corrected chi connectivity index (χ1v) is 46.9. The SMILES string of the molecule is Cc1cc(Br)c(O)c(C=NC2CCCCC2N=Cc2cc(Br)cc(Br)c2O)c1.Cc1cc(C=NC(C)(C)C(C)(C)N=Cc2cc(C(C)(C)C)cc(C(C)(C)C)c2O)c(O)c(C(C)(C)C)c1.Cc1cc(C=NC2CCCCC2N=Cc2cc(C(C)(C)C)cc(C(C)(C)C)c2O)c(O)c(C(C)(C)C)c1.Oc1ccccc1C=NC1CCCCC1N=Cc1ccccc1O.[Co].[Co].[Co].[Co]. The van der Waals surface area contributed by atoms with E-state index in [0.29, 0.717) is 37.1 Å². The summed E-state index contributed by atoms with van der Waals surface area (Å²) >= 11 is 10.2. The van der Waals surface area contributed by atoms with Crippen LogP contribution in [0.4, 0.5) is 0 Å². The number of hydrogen-bond donors (Lipinski definition) is 8. The molecule has 3 saturated carbocycles. The predicted octanol–water partition coefficient (Wildman–Crippen LogP) is 27.0. The van der Waals surface area contributed by atoms with E-state index in [0.717, 1.165) is 154 Å². The van der Waals surface area contributed by atoms with Crippen LogP contribution in [0.1, 0.15) is 324 Å². The molecule has 3 aliphatic carbocycles. The van der Waals surface area contributed by atoms with Gasteiger partial charge in [0.1, 0.15) is 46.0 Å². The van der Waals surface area contributed by atoms with E-state index in [1.807, 2.05) is 121 Å². The number of para-hydroxylation sites is 2. The number of hydrogen-bond acceptors (Lipinski definition) is 16. The predicted molar refractivity (Wildman–Crippen MR) is 541 cm³/mol. The Labute approximate surface area is 843 Å². The van der Waals surface area contributed by atoms with Crippen molar-refractivity contribution in [3.63, 3.8) is 0 Å². The molecule has 6 atom stereocenters. The second-order valence-electron chi connectivity index (χ2n) is 41.6. The Morgan fingerprint density at radius 1 is 0.262 bits per heavy atom. The zero-order chi connectivity index (χ0) is 93.6. The van der Waals surface area contributed by atoms with Gasteiger partial charge in [-0.1, -0.05) is 228 Å².